The Morgan fingerprint density at radius 2 is 1.93 bits per heavy atom. The molecule has 0 bridgehead atoms. The lowest BCUT2D eigenvalue weighted by molar-refractivity contribution is -0.136. The van der Waals surface area contributed by atoms with Gasteiger partial charge in [-0.1, -0.05) is 48.4 Å². The number of hydrogen-bond donors (Lipinski definition) is 0. The number of carbonyl (C=O) groups is 1. The molecule has 1 saturated heterocycles. The first-order chi connectivity index (χ1) is 13.6. The van der Waals surface area contributed by atoms with Gasteiger partial charge in [0.1, 0.15) is 5.82 Å². The maximum Gasteiger partial charge on any atom is 0.226 e. The SMILES string of the molecule is C#CCN(Cc1ccc(F)cc1)C(=O)CC1CN(Cc2ccccc2)CCO1. The lowest BCUT2D eigenvalue weighted by Gasteiger charge is -2.33. The molecule has 1 amide bonds. The number of ether oxygens (including phenoxy) is 1. The summed E-state index contributed by atoms with van der Waals surface area (Å²) < 4.78 is 18.9. The van der Waals surface area contributed by atoms with Gasteiger partial charge in [-0.2, -0.15) is 0 Å². The molecule has 1 atom stereocenters. The molecule has 0 N–H and O–H groups in total. The molecule has 1 fully saturated rings. The average Bonchev–Trinajstić information content (AvgIpc) is 2.70. The summed E-state index contributed by atoms with van der Waals surface area (Å²) in [6, 6.07) is 16.4. The molecule has 4 nitrogen and oxygen atoms in total. The lowest BCUT2D eigenvalue weighted by Crippen LogP contribution is -2.44. The van der Waals surface area contributed by atoms with Crippen LogP contribution in [0.3, 0.4) is 0 Å². The molecule has 2 aromatic carbocycles. The predicted octanol–water partition coefficient (Wildman–Crippen LogP) is 3.08. The first kappa shape index (κ1) is 20.1. The third kappa shape index (κ3) is 5.91. The van der Waals surface area contributed by atoms with E-state index in [4.69, 9.17) is 11.2 Å². The Morgan fingerprint density at radius 1 is 1.18 bits per heavy atom. The molecule has 146 valence electrons. The van der Waals surface area contributed by atoms with E-state index >= 15 is 0 Å². The second-order valence-electron chi connectivity index (χ2n) is 7.00. The van der Waals surface area contributed by atoms with Crippen LogP contribution in [0.1, 0.15) is 17.5 Å². The Kier molecular flexibility index (Phi) is 7.18. The van der Waals surface area contributed by atoms with Crippen LogP contribution in [-0.2, 0) is 22.6 Å². The highest BCUT2D eigenvalue weighted by Gasteiger charge is 2.25. The average molecular weight is 380 g/mol. The van der Waals surface area contributed by atoms with Gasteiger partial charge in [-0.15, -0.1) is 6.42 Å². The standard InChI is InChI=1S/C23H25FN2O2/c1-2-12-26(17-20-8-10-21(24)11-9-20)23(27)15-22-18-25(13-14-28-22)16-19-6-4-3-5-7-19/h1,3-11,22H,12-18H2. The summed E-state index contributed by atoms with van der Waals surface area (Å²) in [4.78, 5) is 16.7. The van der Waals surface area contributed by atoms with E-state index in [1.807, 2.05) is 18.2 Å². The molecule has 1 aliphatic rings. The summed E-state index contributed by atoms with van der Waals surface area (Å²) in [5.74, 6) is 2.19. The van der Waals surface area contributed by atoms with Crippen LogP contribution < -0.4 is 0 Å². The van der Waals surface area contributed by atoms with Crippen molar-refractivity contribution in [3.8, 4) is 12.3 Å². The van der Waals surface area contributed by atoms with E-state index in [9.17, 15) is 9.18 Å². The van der Waals surface area contributed by atoms with E-state index in [1.165, 1.54) is 17.7 Å². The number of morpholine rings is 1. The van der Waals surface area contributed by atoms with E-state index in [0.717, 1.165) is 18.7 Å². The minimum atomic E-state index is -0.298. The molecule has 1 heterocycles. The van der Waals surface area contributed by atoms with Crippen LogP contribution in [0, 0.1) is 18.2 Å². The summed E-state index contributed by atoms with van der Waals surface area (Å²) in [5, 5.41) is 0. The number of hydrogen-bond acceptors (Lipinski definition) is 3. The predicted molar refractivity (Wildman–Crippen MR) is 107 cm³/mol. The highest BCUT2D eigenvalue weighted by molar-refractivity contribution is 5.77. The second kappa shape index (κ2) is 10.0. The monoisotopic (exact) mass is 380 g/mol. The van der Waals surface area contributed by atoms with Crippen molar-refractivity contribution in [2.45, 2.75) is 25.6 Å². The second-order valence-corrected chi connectivity index (χ2v) is 7.00. The Morgan fingerprint density at radius 3 is 2.64 bits per heavy atom. The zero-order valence-electron chi connectivity index (χ0n) is 15.9. The Hall–Kier alpha value is -2.68. The van der Waals surface area contributed by atoms with Crippen molar-refractivity contribution in [1.29, 1.82) is 0 Å². The van der Waals surface area contributed by atoms with Crippen molar-refractivity contribution in [3.63, 3.8) is 0 Å². The minimum Gasteiger partial charge on any atom is -0.375 e. The van der Waals surface area contributed by atoms with E-state index < -0.39 is 0 Å². The first-order valence-corrected chi connectivity index (χ1v) is 9.47. The van der Waals surface area contributed by atoms with Gasteiger partial charge in [-0.3, -0.25) is 9.69 Å². The van der Waals surface area contributed by atoms with Gasteiger partial charge in [0.05, 0.1) is 25.7 Å². The molecular weight excluding hydrogens is 355 g/mol. The van der Waals surface area contributed by atoms with Crippen molar-refractivity contribution in [2.24, 2.45) is 0 Å². The summed E-state index contributed by atoms with van der Waals surface area (Å²) in [6.45, 7) is 3.60. The zero-order chi connectivity index (χ0) is 19.8. The van der Waals surface area contributed by atoms with Crippen molar-refractivity contribution in [3.05, 3.63) is 71.5 Å². The number of benzene rings is 2. The fraction of sp³-hybridized carbons (Fsp3) is 0.348. The van der Waals surface area contributed by atoms with Crippen LogP contribution in [0.5, 0.6) is 0 Å². The smallest absolute Gasteiger partial charge is 0.226 e. The van der Waals surface area contributed by atoms with Crippen LogP contribution in [0.15, 0.2) is 54.6 Å². The van der Waals surface area contributed by atoms with Gasteiger partial charge in [0.15, 0.2) is 0 Å². The first-order valence-electron chi connectivity index (χ1n) is 9.47. The quantitative estimate of drug-likeness (QED) is 0.692. The fourth-order valence-electron chi connectivity index (χ4n) is 3.37. The van der Waals surface area contributed by atoms with Gasteiger partial charge >= 0.3 is 0 Å². The number of rotatable bonds is 7. The van der Waals surface area contributed by atoms with Crippen LogP contribution >= 0.6 is 0 Å². The molecular formula is C23H25FN2O2. The van der Waals surface area contributed by atoms with Crippen LogP contribution in [-0.4, -0.2) is 48.1 Å². The molecule has 0 spiro atoms. The Bertz CT molecular complexity index is 802. The van der Waals surface area contributed by atoms with Gasteiger partial charge in [0.25, 0.3) is 0 Å². The van der Waals surface area contributed by atoms with Gasteiger partial charge in [0, 0.05) is 26.2 Å². The third-order valence-corrected chi connectivity index (χ3v) is 4.80. The molecule has 0 aliphatic carbocycles. The number of amides is 1. The van der Waals surface area contributed by atoms with Gasteiger partial charge < -0.3 is 9.64 Å². The maximum atomic E-state index is 13.1. The van der Waals surface area contributed by atoms with Crippen LogP contribution in [0.2, 0.25) is 0 Å². The highest BCUT2D eigenvalue weighted by atomic mass is 19.1. The minimum absolute atomic E-state index is 0.0474. The number of nitrogens with zero attached hydrogens (tertiary/aromatic N) is 2. The molecule has 3 rings (SSSR count). The highest BCUT2D eigenvalue weighted by Crippen LogP contribution is 2.15. The molecule has 0 saturated carbocycles. The third-order valence-electron chi connectivity index (χ3n) is 4.80. The van der Waals surface area contributed by atoms with Crippen molar-refractivity contribution in [1.82, 2.24) is 9.80 Å². The van der Waals surface area contributed by atoms with Crippen LogP contribution in [0.25, 0.3) is 0 Å². The number of carbonyl (C=O) groups excluding carboxylic acids is 1. The molecule has 5 heteroatoms. The molecule has 28 heavy (non-hydrogen) atoms. The van der Waals surface area contributed by atoms with Crippen molar-refractivity contribution < 1.29 is 13.9 Å². The van der Waals surface area contributed by atoms with E-state index in [2.05, 4.69) is 23.0 Å². The van der Waals surface area contributed by atoms with Gasteiger partial charge in [0.2, 0.25) is 5.91 Å². The summed E-state index contributed by atoms with van der Waals surface area (Å²) in [7, 11) is 0. The summed E-state index contributed by atoms with van der Waals surface area (Å²) in [5.41, 5.74) is 2.10. The molecule has 1 unspecified atom stereocenters. The zero-order valence-corrected chi connectivity index (χ0v) is 15.9. The fourth-order valence-corrected chi connectivity index (χ4v) is 3.37. The normalized spacial score (nSPS) is 17.1. The Balaban J connectivity index is 1.56. The van der Waals surface area contributed by atoms with Crippen molar-refractivity contribution >= 4 is 5.91 Å². The largest absolute Gasteiger partial charge is 0.375 e. The molecule has 0 radical (unpaired) electrons. The molecule has 2 aromatic rings. The van der Waals surface area contributed by atoms with Crippen LogP contribution in [0.4, 0.5) is 4.39 Å². The number of terminal acetylenes is 1. The molecule has 0 aromatic heterocycles. The van der Waals surface area contributed by atoms with Gasteiger partial charge in [-0.25, -0.2) is 4.39 Å². The van der Waals surface area contributed by atoms with E-state index in [-0.39, 0.29) is 30.8 Å². The maximum absolute atomic E-state index is 13.1. The lowest BCUT2D eigenvalue weighted by atomic mass is 10.1. The number of halogens is 1. The summed E-state index contributed by atoms with van der Waals surface area (Å²) >= 11 is 0. The summed E-state index contributed by atoms with van der Waals surface area (Å²) in [6.07, 6.45) is 5.57. The van der Waals surface area contributed by atoms with Gasteiger partial charge in [-0.05, 0) is 23.3 Å². The topological polar surface area (TPSA) is 32.8 Å². The van der Waals surface area contributed by atoms with E-state index in [0.29, 0.717) is 19.7 Å². The van der Waals surface area contributed by atoms with E-state index in [1.54, 1.807) is 17.0 Å². The Labute approximate surface area is 165 Å². The molecule has 1 aliphatic heterocycles. The van der Waals surface area contributed by atoms with Crippen molar-refractivity contribution in [2.75, 3.05) is 26.2 Å².